The second-order valence-electron chi connectivity index (χ2n) is 5.63. The molecule has 2 aromatic carbocycles. The molecule has 2 aromatic rings. The van der Waals surface area contributed by atoms with Gasteiger partial charge in [-0.25, -0.2) is 0 Å². The van der Waals surface area contributed by atoms with Gasteiger partial charge >= 0.3 is 0 Å². The van der Waals surface area contributed by atoms with Crippen molar-refractivity contribution >= 4 is 34.8 Å². The number of nitrogens with one attached hydrogen (secondary N) is 1. The van der Waals surface area contributed by atoms with E-state index in [0.717, 1.165) is 5.56 Å². The minimum atomic E-state index is -0.295. The summed E-state index contributed by atoms with van der Waals surface area (Å²) in [4.78, 5) is 12.4. The van der Waals surface area contributed by atoms with Crippen molar-refractivity contribution in [2.45, 2.75) is 25.9 Å². The Morgan fingerprint density at radius 3 is 2.54 bits per heavy atom. The first-order valence-electron chi connectivity index (χ1n) is 7.66. The first-order valence-corrected chi connectivity index (χ1v) is 8.41. The van der Waals surface area contributed by atoms with Crippen LogP contribution in [-0.2, 0) is 4.79 Å². The fraction of sp³-hybridized carbons (Fsp3) is 0.278. The summed E-state index contributed by atoms with van der Waals surface area (Å²) in [6.45, 7) is 3.85. The molecule has 0 aliphatic carbocycles. The maximum absolute atomic E-state index is 12.4. The van der Waals surface area contributed by atoms with Gasteiger partial charge in [0.05, 0.1) is 17.8 Å². The highest BCUT2D eigenvalue weighted by molar-refractivity contribution is 6.35. The number of carbonyl (C=O) groups is 1. The zero-order chi connectivity index (χ0) is 17.7. The van der Waals surface area contributed by atoms with Gasteiger partial charge in [-0.05, 0) is 38.1 Å². The van der Waals surface area contributed by atoms with Gasteiger partial charge in [0.25, 0.3) is 5.91 Å². The van der Waals surface area contributed by atoms with Gasteiger partial charge < -0.3 is 15.4 Å². The Morgan fingerprint density at radius 1 is 1.17 bits per heavy atom. The van der Waals surface area contributed by atoms with E-state index in [9.17, 15) is 4.79 Å². The highest BCUT2D eigenvalue weighted by Gasteiger charge is 2.22. The van der Waals surface area contributed by atoms with Crippen LogP contribution in [0.1, 0.15) is 25.5 Å². The number of halogens is 2. The van der Waals surface area contributed by atoms with Gasteiger partial charge in [-0.15, -0.1) is 0 Å². The molecule has 0 radical (unpaired) electrons. The van der Waals surface area contributed by atoms with Crippen molar-refractivity contribution in [2.75, 3.05) is 12.4 Å². The summed E-state index contributed by atoms with van der Waals surface area (Å²) in [5, 5.41) is 6.05. The van der Waals surface area contributed by atoms with Crippen LogP contribution in [0, 0.1) is 0 Å². The molecule has 0 bridgehead atoms. The number of carbonyl (C=O) groups excluding carboxylic acids is 1. The smallest absolute Gasteiger partial charge is 0.282 e. The molecule has 128 valence electrons. The predicted octanol–water partition coefficient (Wildman–Crippen LogP) is 3.65. The monoisotopic (exact) mass is 367 g/mol. The average Bonchev–Trinajstić information content (AvgIpc) is 2.55. The zero-order valence-corrected chi connectivity index (χ0v) is 15.4. The molecule has 0 aromatic heterocycles. The minimum absolute atomic E-state index is 0.0215. The van der Waals surface area contributed by atoms with Crippen LogP contribution in [0.5, 0.6) is 5.75 Å². The lowest BCUT2D eigenvalue weighted by atomic mass is 10.1. The highest BCUT2D eigenvalue weighted by Crippen LogP contribution is 2.25. The second kappa shape index (κ2) is 8.38. The molecule has 3 N–H and O–H groups in total. The van der Waals surface area contributed by atoms with Crippen molar-refractivity contribution < 1.29 is 14.8 Å². The lowest BCUT2D eigenvalue weighted by Gasteiger charge is -2.18. The van der Waals surface area contributed by atoms with Crippen LogP contribution in [0.4, 0.5) is 5.69 Å². The summed E-state index contributed by atoms with van der Waals surface area (Å²) in [6, 6.07) is 12.4. The maximum Gasteiger partial charge on any atom is 0.282 e. The second-order valence-corrected chi connectivity index (χ2v) is 6.47. The fourth-order valence-electron chi connectivity index (χ4n) is 2.49. The van der Waals surface area contributed by atoms with Crippen LogP contribution in [0.3, 0.4) is 0 Å². The quantitative estimate of drug-likeness (QED) is 0.818. The van der Waals surface area contributed by atoms with Crippen LogP contribution >= 0.6 is 23.2 Å². The van der Waals surface area contributed by atoms with Crippen molar-refractivity contribution in [1.82, 2.24) is 0 Å². The number of hydrogen-bond acceptors (Lipinski definition) is 2. The molecule has 0 spiro atoms. The maximum atomic E-state index is 12.4. The minimum Gasteiger partial charge on any atom is -0.495 e. The Kier molecular flexibility index (Phi) is 6.49. The molecule has 0 fully saturated rings. The van der Waals surface area contributed by atoms with Crippen LogP contribution in [0.2, 0.25) is 10.0 Å². The van der Waals surface area contributed by atoms with Gasteiger partial charge in [-0.3, -0.25) is 4.79 Å². The molecule has 1 amide bonds. The first-order chi connectivity index (χ1) is 11.4. The summed E-state index contributed by atoms with van der Waals surface area (Å²) < 4.78 is 5.25. The van der Waals surface area contributed by atoms with Gasteiger partial charge in [0.2, 0.25) is 0 Å². The number of quaternary nitrogens is 1. The Balaban J connectivity index is 2.03. The molecule has 6 heteroatoms. The van der Waals surface area contributed by atoms with E-state index in [1.165, 1.54) is 0 Å². The van der Waals surface area contributed by atoms with Gasteiger partial charge in [-0.1, -0.05) is 41.4 Å². The SMILES string of the molecule is COc1ccccc1NC(=O)[C@@H](C)[NH2+][C@H](C)c1ccc(Cl)cc1Cl. The summed E-state index contributed by atoms with van der Waals surface area (Å²) >= 11 is 12.2. The van der Waals surface area contributed by atoms with Crippen molar-refractivity contribution in [1.29, 1.82) is 0 Å². The Bertz CT molecular complexity index is 722. The van der Waals surface area contributed by atoms with E-state index in [1.807, 2.05) is 43.4 Å². The molecule has 24 heavy (non-hydrogen) atoms. The van der Waals surface area contributed by atoms with E-state index in [-0.39, 0.29) is 18.0 Å². The van der Waals surface area contributed by atoms with Gasteiger partial charge in [-0.2, -0.15) is 0 Å². The number of para-hydroxylation sites is 2. The molecular weight excluding hydrogens is 347 g/mol. The predicted molar refractivity (Wildman–Crippen MR) is 97.9 cm³/mol. The van der Waals surface area contributed by atoms with E-state index in [0.29, 0.717) is 21.5 Å². The van der Waals surface area contributed by atoms with E-state index in [1.54, 1.807) is 25.3 Å². The Hall–Kier alpha value is -1.75. The summed E-state index contributed by atoms with van der Waals surface area (Å²) in [5.41, 5.74) is 1.60. The van der Waals surface area contributed by atoms with Crippen molar-refractivity contribution in [3.8, 4) is 5.75 Å². The highest BCUT2D eigenvalue weighted by atomic mass is 35.5. The number of amides is 1. The Labute approximate surface area is 152 Å². The number of benzene rings is 2. The summed E-state index contributed by atoms with van der Waals surface area (Å²) in [5.74, 6) is 0.531. The Morgan fingerprint density at radius 2 is 1.88 bits per heavy atom. The van der Waals surface area contributed by atoms with E-state index < -0.39 is 0 Å². The third-order valence-corrected chi connectivity index (χ3v) is 4.37. The van der Waals surface area contributed by atoms with Crippen LogP contribution in [-0.4, -0.2) is 19.1 Å². The van der Waals surface area contributed by atoms with Crippen LogP contribution < -0.4 is 15.4 Å². The third-order valence-electron chi connectivity index (χ3n) is 3.81. The van der Waals surface area contributed by atoms with Gasteiger partial charge in [0, 0.05) is 10.6 Å². The standard InChI is InChI=1S/C18H20Cl2N2O2/c1-11(14-9-8-13(19)10-15(14)20)21-12(2)18(23)22-16-6-4-5-7-17(16)24-3/h4-12,21H,1-3H3,(H,22,23)/p+1/t11-,12-/m1/s1. The number of methoxy groups -OCH3 is 1. The lowest BCUT2D eigenvalue weighted by molar-refractivity contribution is -0.709. The van der Waals surface area contributed by atoms with Gasteiger partial charge in [0.15, 0.2) is 6.04 Å². The van der Waals surface area contributed by atoms with Crippen molar-refractivity contribution in [3.63, 3.8) is 0 Å². The topological polar surface area (TPSA) is 54.9 Å². The van der Waals surface area contributed by atoms with Crippen LogP contribution in [0.15, 0.2) is 42.5 Å². The van der Waals surface area contributed by atoms with E-state index in [2.05, 4.69) is 5.32 Å². The molecule has 0 aliphatic rings. The molecule has 0 heterocycles. The summed E-state index contributed by atoms with van der Waals surface area (Å²) in [6.07, 6.45) is 0. The van der Waals surface area contributed by atoms with E-state index >= 15 is 0 Å². The number of ether oxygens (including phenoxy) is 1. The molecular formula is C18H21Cl2N2O2+. The molecule has 0 saturated carbocycles. The molecule has 2 atom stereocenters. The summed E-state index contributed by atoms with van der Waals surface area (Å²) in [7, 11) is 1.57. The number of hydrogen-bond donors (Lipinski definition) is 2. The van der Waals surface area contributed by atoms with Crippen LogP contribution in [0.25, 0.3) is 0 Å². The largest absolute Gasteiger partial charge is 0.495 e. The molecule has 4 nitrogen and oxygen atoms in total. The van der Waals surface area contributed by atoms with Gasteiger partial charge in [0.1, 0.15) is 11.8 Å². The van der Waals surface area contributed by atoms with E-state index in [4.69, 9.17) is 27.9 Å². The zero-order valence-electron chi connectivity index (χ0n) is 13.8. The van der Waals surface area contributed by atoms with Crippen molar-refractivity contribution in [2.24, 2.45) is 0 Å². The third kappa shape index (κ3) is 4.63. The number of anilines is 1. The number of nitrogens with two attached hydrogens (primary N) is 1. The normalized spacial score (nSPS) is 13.2. The average molecular weight is 368 g/mol. The molecule has 0 aliphatic heterocycles. The number of rotatable bonds is 6. The molecule has 2 rings (SSSR count). The molecule has 0 saturated heterocycles. The first kappa shape index (κ1) is 18.6. The molecule has 0 unspecified atom stereocenters. The fourth-order valence-corrected chi connectivity index (χ4v) is 3.07. The van der Waals surface area contributed by atoms with Crippen molar-refractivity contribution in [3.05, 3.63) is 58.1 Å². The lowest BCUT2D eigenvalue weighted by Crippen LogP contribution is -2.91.